The fraction of sp³-hybridized carbons (Fsp3) is 0.111. The summed E-state index contributed by atoms with van der Waals surface area (Å²) in [5.41, 5.74) is 2.31. The van der Waals surface area contributed by atoms with E-state index in [0.29, 0.717) is 11.4 Å². The molecule has 13 heavy (non-hydrogen) atoms. The lowest BCUT2D eigenvalue weighted by Crippen LogP contribution is -1.94. The second kappa shape index (κ2) is 2.90. The van der Waals surface area contributed by atoms with Gasteiger partial charge < -0.3 is 5.21 Å². The van der Waals surface area contributed by atoms with Gasteiger partial charge in [-0.1, -0.05) is 35.2 Å². The van der Waals surface area contributed by atoms with Crippen LogP contribution in [-0.4, -0.2) is 20.4 Å². The molecule has 4 nitrogen and oxygen atoms in total. The zero-order chi connectivity index (χ0) is 9.26. The fourth-order valence-corrected chi connectivity index (χ4v) is 1.18. The second-order valence-electron chi connectivity index (χ2n) is 2.78. The smallest absolute Gasteiger partial charge is 0.119 e. The number of nitrogens with zero attached hydrogens (tertiary/aromatic N) is 3. The van der Waals surface area contributed by atoms with Crippen LogP contribution in [0.2, 0.25) is 0 Å². The molecule has 0 atom stereocenters. The van der Waals surface area contributed by atoms with Crippen LogP contribution >= 0.6 is 0 Å². The molecule has 66 valence electrons. The van der Waals surface area contributed by atoms with Crippen molar-refractivity contribution in [1.82, 2.24) is 15.2 Å². The molecule has 0 saturated heterocycles. The topological polar surface area (TPSA) is 50.9 Å². The zero-order valence-electron chi connectivity index (χ0n) is 7.18. The van der Waals surface area contributed by atoms with Gasteiger partial charge in [0, 0.05) is 5.56 Å². The maximum Gasteiger partial charge on any atom is 0.119 e. The van der Waals surface area contributed by atoms with Crippen molar-refractivity contribution < 1.29 is 5.21 Å². The Morgan fingerprint density at radius 2 is 1.92 bits per heavy atom. The van der Waals surface area contributed by atoms with Crippen LogP contribution in [0.5, 0.6) is 0 Å². The summed E-state index contributed by atoms with van der Waals surface area (Å²) in [4.78, 5) is 0.780. The van der Waals surface area contributed by atoms with Gasteiger partial charge in [-0.2, -0.15) is 0 Å². The van der Waals surface area contributed by atoms with Gasteiger partial charge in [-0.25, -0.2) is 0 Å². The molecule has 0 unspecified atom stereocenters. The third-order valence-electron chi connectivity index (χ3n) is 1.92. The molecule has 1 aromatic heterocycles. The maximum absolute atomic E-state index is 9.14. The van der Waals surface area contributed by atoms with Crippen molar-refractivity contribution in [1.29, 1.82) is 0 Å². The minimum atomic E-state index is 0.645. The molecule has 1 aromatic carbocycles. The van der Waals surface area contributed by atoms with Gasteiger partial charge >= 0.3 is 0 Å². The Kier molecular flexibility index (Phi) is 1.73. The van der Waals surface area contributed by atoms with Gasteiger partial charge in [0.05, 0.1) is 0 Å². The second-order valence-corrected chi connectivity index (χ2v) is 2.78. The Morgan fingerprint density at radius 1 is 1.23 bits per heavy atom. The first-order valence-corrected chi connectivity index (χ1v) is 3.96. The van der Waals surface area contributed by atoms with Gasteiger partial charge in [-0.3, -0.25) is 0 Å². The molecule has 0 radical (unpaired) electrons. The van der Waals surface area contributed by atoms with Gasteiger partial charge in [0.2, 0.25) is 0 Å². The van der Waals surface area contributed by atoms with Crippen molar-refractivity contribution in [2.75, 3.05) is 0 Å². The van der Waals surface area contributed by atoms with E-state index in [1.807, 2.05) is 30.3 Å². The van der Waals surface area contributed by atoms with Crippen LogP contribution in [0.4, 0.5) is 0 Å². The Hall–Kier alpha value is -1.84. The zero-order valence-corrected chi connectivity index (χ0v) is 7.18. The lowest BCUT2D eigenvalue weighted by atomic mass is 10.1. The largest absolute Gasteiger partial charge is 0.410 e. The molecule has 0 aliphatic heterocycles. The number of hydrogen-bond donors (Lipinski definition) is 1. The lowest BCUT2D eigenvalue weighted by molar-refractivity contribution is 0.137. The van der Waals surface area contributed by atoms with E-state index in [1.54, 1.807) is 6.92 Å². The molecule has 2 aromatic rings. The molecule has 0 aliphatic rings. The van der Waals surface area contributed by atoms with Gasteiger partial charge in [0.15, 0.2) is 0 Å². The third kappa shape index (κ3) is 1.26. The van der Waals surface area contributed by atoms with Crippen molar-refractivity contribution >= 4 is 0 Å². The first-order chi connectivity index (χ1) is 6.29. The number of benzene rings is 1. The van der Waals surface area contributed by atoms with Crippen molar-refractivity contribution in [3.8, 4) is 11.3 Å². The highest BCUT2D eigenvalue weighted by molar-refractivity contribution is 5.60. The van der Waals surface area contributed by atoms with Crippen molar-refractivity contribution in [3.63, 3.8) is 0 Å². The Labute approximate surface area is 75.4 Å². The highest BCUT2D eigenvalue weighted by Gasteiger charge is 2.08. The highest BCUT2D eigenvalue weighted by Crippen LogP contribution is 2.18. The van der Waals surface area contributed by atoms with Crippen LogP contribution < -0.4 is 0 Å². The van der Waals surface area contributed by atoms with E-state index in [1.165, 1.54) is 0 Å². The van der Waals surface area contributed by atoms with E-state index >= 15 is 0 Å². The summed E-state index contributed by atoms with van der Waals surface area (Å²) >= 11 is 0. The molecule has 0 amide bonds. The quantitative estimate of drug-likeness (QED) is 0.668. The molecular weight excluding hydrogens is 166 g/mol. The molecule has 0 bridgehead atoms. The Bertz CT molecular complexity index is 408. The molecular formula is C9H9N3O. The van der Waals surface area contributed by atoms with Gasteiger partial charge in [0.25, 0.3) is 0 Å². The first-order valence-electron chi connectivity index (χ1n) is 3.96. The summed E-state index contributed by atoms with van der Waals surface area (Å²) in [7, 11) is 0. The van der Waals surface area contributed by atoms with Crippen LogP contribution in [0.3, 0.4) is 0 Å². The van der Waals surface area contributed by atoms with Gasteiger partial charge in [-0.15, -0.1) is 5.10 Å². The fourth-order valence-electron chi connectivity index (χ4n) is 1.18. The van der Waals surface area contributed by atoms with E-state index in [-0.39, 0.29) is 0 Å². The number of aromatic nitrogens is 3. The number of rotatable bonds is 1. The highest BCUT2D eigenvalue weighted by atomic mass is 16.5. The molecule has 0 spiro atoms. The van der Waals surface area contributed by atoms with Crippen LogP contribution in [0.1, 0.15) is 5.69 Å². The van der Waals surface area contributed by atoms with Gasteiger partial charge in [0.1, 0.15) is 11.4 Å². The summed E-state index contributed by atoms with van der Waals surface area (Å²) in [5, 5.41) is 16.5. The molecule has 0 saturated carbocycles. The molecule has 1 heterocycles. The molecule has 0 aliphatic carbocycles. The SMILES string of the molecule is Cc1c(-c2ccccc2)nnn1O. The van der Waals surface area contributed by atoms with Crippen molar-refractivity contribution in [3.05, 3.63) is 36.0 Å². The first kappa shape index (κ1) is 7.79. The monoisotopic (exact) mass is 175 g/mol. The van der Waals surface area contributed by atoms with Crippen LogP contribution in [-0.2, 0) is 0 Å². The van der Waals surface area contributed by atoms with Crippen molar-refractivity contribution in [2.45, 2.75) is 6.92 Å². The van der Waals surface area contributed by atoms with Gasteiger partial charge in [-0.05, 0) is 12.1 Å². The summed E-state index contributed by atoms with van der Waals surface area (Å²) in [6.45, 7) is 1.77. The minimum Gasteiger partial charge on any atom is -0.410 e. The molecule has 1 N–H and O–H groups in total. The molecule has 2 rings (SSSR count). The predicted octanol–water partition coefficient (Wildman–Crippen LogP) is 1.49. The van der Waals surface area contributed by atoms with E-state index in [2.05, 4.69) is 10.3 Å². The van der Waals surface area contributed by atoms with E-state index in [9.17, 15) is 0 Å². The average molecular weight is 175 g/mol. The minimum absolute atomic E-state index is 0.645. The van der Waals surface area contributed by atoms with Crippen LogP contribution in [0.15, 0.2) is 30.3 Å². The third-order valence-corrected chi connectivity index (χ3v) is 1.92. The van der Waals surface area contributed by atoms with Crippen molar-refractivity contribution in [2.24, 2.45) is 0 Å². The average Bonchev–Trinajstić information content (AvgIpc) is 2.49. The van der Waals surface area contributed by atoms with E-state index in [0.717, 1.165) is 10.4 Å². The standard InChI is InChI=1S/C9H9N3O/c1-7-9(10-11-12(7)13)8-5-3-2-4-6-8/h2-6,13H,1H3. The summed E-state index contributed by atoms with van der Waals surface area (Å²) in [6, 6.07) is 9.63. The molecule has 0 fully saturated rings. The normalized spacial score (nSPS) is 10.2. The van der Waals surface area contributed by atoms with E-state index in [4.69, 9.17) is 5.21 Å². The predicted molar refractivity (Wildman–Crippen MR) is 47.4 cm³/mol. The Balaban J connectivity index is 2.53. The summed E-state index contributed by atoms with van der Waals surface area (Å²) in [6.07, 6.45) is 0. The van der Waals surface area contributed by atoms with Crippen LogP contribution in [0, 0.1) is 6.92 Å². The summed E-state index contributed by atoms with van der Waals surface area (Å²) in [5.74, 6) is 0. The molecule has 4 heteroatoms. The maximum atomic E-state index is 9.14. The number of hydrogen-bond acceptors (Lipinski definition) is 3. The van der Waals surface area contributed by atoms with E-state index < -0.39 is 0 Å². The lowest BCUT2D eigenvalue weighted by Gasteiger charge is -1.95. The van der Waals surface area contributed by atoms with Crippen LogP contribution in [0.25, 0.3) is 11.3 Å². The Morgan fingerprint density at radius 3 is 2.46 bits per heavy atom. The summed E-state index contributed by atoms with van der Waals surface area (Å²) < 4.78 is 0.